The van der Waals surface area contributed by atoms with Gasteiger partial charge in [0.2, 0.25) is 0 Å². The number of hydrogen-bond donors (Lipinski definition) is 1. The molecule has 0 aliphatic carbocycles. The van der Waals surface area contributed by atoms with Crippen molar-refractivity contribution in [3.8, 4) is 0 Å². The molecule has 0 spiro atoms. The number of carbonyl (C=O) groups is 5. The number of nitrogens with zero attached hydrogens (tertiary/aromatic N) is 7. The number of anilines is 1. The lowest BCUT2D eigenvalue weighted by molar-refractivity contribution is -0.161. The molecule has 1 atom stereocenters. The zero-order chi connectivity index (χ0) is 43.8. The van der Waals surface area contributed by atoms with E-state index in [1.165, 1.54) is 4.57 Å². The van der Waals surface area contributed by atoms with Gasteiger partial charge in [0.1, 0.15) is 6.61 Å². The number of esters is 1. The van der Waals surface area contributed by atoms with E-state index < -0.39 is 29.8 Å². The number of amides is 5. The number of nitrogens with one attached hydrogen (secondary N) is 1. The van der Waals surface area contributed by atoms with E-state index in [1.54, 1.807) is 27.8 Å². The summed E-state index contributed by atoms with van der Waals surface area (Å²) in [5, 5.41) is 3.03. The number of likely N-dealkylation sites (tertiary alicyclic amines) is 2. The lowest BCUT2D eigenvalue weighted by Gasteiger charge is -2.38. The molecule has 17 nitrogen and oxygen atoms in total. The largest absolute Gasteiger partial charge is 0.457 e. The number of piperazine rings is 1. The Morgan fingerprint density at radius 1 is 0.871 bits per heavy atom. The standard InChI is InChI=1S/C33H41N5O6.C11H21N3O3.CH4/c1-21-8-13-36(14-9-21)30(39)28(20-23-18-22(2)29-27(19-23)43-32(41)35(29)3)44-33(42)37-15-11-25(12-16-37)38-17-10-24-6-4-5-7-26(24)34-31(38)40;1-12(2)8-9-17-11(16)10(15)14-6-4-13(3)5-7-14;/h4-7,18-19,21,25,28H,8-17,20H2,1-3H3,(H,34,40);4-9H2,1-3H3;1H4/t28-;;/m1../s1. The minimum absolute atomic E-state index is 0. The Morgan fingerprint density at radius 2 is 1.53 bits per heavy atom. The van der Waals surface area contributed by atoms with E-state index in [4.69, 9.17) is 13.9 Å². The molecule has 3 aromatic rings. The number of urea groups is 1. The Morgan fingerprint density at radius 3 is 2.21 bits per heavy atom. The summed E-state index contributed by atoms with van der Waals surface area (Å²) in [7, 11) is 7.43. The summed E-state index contributed by atoms with van der Waals surface area (Å²) in [5.41, 5.74) is 4.72. The molecule has 340 valence electrons. The van der Waals surface area contributed by atoms with Crippen LogP contribution < -0.4 is 11.1 Å². The van der Waals surface area contributed by atoms with Gasteiger partial charge in [0, 0.05) is 90.6 Å². The van der Waals surface area contributed by atoms with E-state index in [0.717, 1.165) is 54.7 Å². The molecule has 7 rings (SSSR count). The summed E-state index contributed by atoms with van der Waals surface area (Å²) in [6.45, 7) is 10.5. The van der Waals surface area contributed by atoms with E-state index >= 15 is 0 Å². The lowest BCUT2D eigenvalue weighted by Crippen LogP contribution is -2.51. The van der Waals surface area contributed by atoms with Crippen LogP contribution in [0.2, 0.25) is 0 Å². The monoisotopic (exact) mass is 862 g/mol. The predicted octanol–water partition coefficient (Wildman–Crippen LogP) is 3.80. The van der Waals surface area contributed by atoms with Crippen LogP contribution in [0, 0.1) is 12.8 Å². The summed E-state index contributed by atoms with van der Waals surface area (Å²) in [6, 6.07) is 11.4. The van der Waals surface area contributed by atoms with Crippen molar-refractivity contribution < 1.29 is 37.9 Å². The smallest absolute Gasteiger partial charge is 0.419 e. The first kappa shape index (κ1) is 47.6. The quantitative estimate of drug-likeness (QED) is 0.258. The van der Waals surface area contributed by atoms with Crippen molar-refractivity contribution >= 4 is 46.7 Å². The van der Waals surface area contributed by atoms with E-state index in [9.17, 15) is 28.8 Å². The average molecular weight is 863 g/mol. The van der Waals surface area contributed by atoms with Gasteiger partial charge in [-0.05, 0) is 94.9 Å². The number of rotatable bonds is 8. The van der Waals surface area contributed by atoms with E-state index in [0.29, 0.717) is 82.2 Å². The molecule has 5 amide bonds. The molecule has 3 saturated heterocycles. The summed E-state index contributed by atoms with van der Waals surface area (Å²) in [4.78, 5) is 86.5. The Hall–Kier alpha value is -5.42. The number of likely N-dealkylation sites (N-methyl/N-ethyl adjacent to an activating group) is 2. The summed E-state index contributed by atoms with van der Waals surface area (Å²) >= 11 is 0. The zero-order valence-corrected chi connectivity index (χ0v) is 36.5. The Bertz CT molecular complexity index is 2090. The van der Waals surface area contributed by atoms with Crippen LogP contribution in [0.1, 0.15) is 56.7 Å². The second-order valence-corrected chi connectivity index (χ2v) is 17.1. The number of para-hydroxylation sites is 1. The molecule has 62 heavy (non-hydrogen) atoms. The van der Waals surface area contributed by atoms with Gasteiger partial charge in [0.25, 0.3) is 5.91 Å². The van der Waals surface area contributed by atoms with Crippen molar-refractivity contribution in [2.45, 2.75) is 71.9 Å². The fourth-order valence-corrected chi connectivity index (χ4v) is 8.34. The van der Waals surface area contributed by atoms with Gasteiger partial charge in [0.15, 0.2) is 11.7 Å². The molecule has 1 aromatic heterocycles. The number of ether oxygens (including phenoxy) is 2. The van der Waals surface area contributed by atoms with Crippen molar-refractivity contribution in [2.24, 2.45) is 13.0 Å². The summed E-state index contributed by atoms with van der Waals surface area (Å²) < 4.78 is 17.8. The first-order valence-electron chi connectivity index (χ1n) is 21.5. The van der Waals surface area contributed by atoms with Crippen LogP contribution in [0.3, 0.4) is 0 Å². The van der Waals surface area contributed by atoms with Crippen LogP contribution >= 0.6 is 0 Å². The van der Waals surface area contributed by atoms with Crippen molar-refractivity contribution in [3.05, 3.63) is 63.6 Å². The number of fused-ring (bicyclic) bond motifs is 2. The minimum atomic E-state index is -1.00. The highest BCUT2D eigenvalue weighted by Crippen LogP contribution is 2.27. The highest BCUT2D eigenvalue weighted by Gasteiger charge is 2.35. The topological polar surface area (TPSA) is 170 Å². The van der Waals surface area contributed by atoms with Crippen LogP contribution in [0.4, 0.5) is 15.3 Å². The summed E-state index contributed by atoms with van der Waals surface area (Å²) in [6.07, 6.45) is 2.50. The van der Waals surface area contributed by atoms with Gasteiger partial charge in [-0.25, -0.2) is 19.2 Å². The van der Waals surface area contributed by atoms with Gasteiger partial charge < -0.3 is 48.6 Å². The maximum Gasteiger partial charge on any atom is 0.419 e. The van der Waals surface area contributed by atoms with Crippen molar-refractivity contribution in [1.82, 2.24) is 34.0 Å². The molecule has 1 N–H and O–H groups in total. The first-order valence-corrected chi connectivity index (χ1v) is 21.5. The normalized spacial score (nSPS) is 18.2. The van der Waals surface area contributed by atoms with E-state index in [1.807, 2.05) is 68.2 Å². The Kier molecular flexibility index (Phi) is 16.6. The van der Waals surface area contributed by atoms with Gasteiger partial charge in [-0.3, -0.25) is 14.2 Å². The van der Waals surface area contributed by atoms with Crippen molar-refractivity contribution in [3.63, 3.8) is 0 Å². The third-order valence-corrected chi connectivity index (χ3v) is 12.2. The second-order valence-electron chi connectivity index (χ2n) is 17.1. The van der Waals surface area contributed by atoms with Crippen LogP contribution in [-0.4, -0.2) is 169 Å². The first-order chi connectivity index (χ1) is 29.2. The third kappa shape index (κ3) is 11.9. The fourth-order valence-electron chi connectivity index (χ4n) is 8.34. The van der Waals surface area contributed by atoms with Crippen molar-refractivity contribution in [2.75, 3.05) is 98.5 Å². The lowest BCUT2D eigenvalue weighted by atomic mass is 9.98. The molecule has 2 aromatic carbocycles. The van der Waals surface area contributed by atoms with Gasteiger partial charge in [0.05, 0.1) is 5.52 Å². The zero-order valence-electron chi connectivity index (χ0n) is 36.5. The fraction of sp³-hybridized carbons (Fsp3) is 0.600. The molecule has 3 fully saturated rings. The third-order valence-electron chi connectivity index (χ3n) is 12.2. The number of aromatic nitrogens is 1. The number of hydrogen-bond acceptors (Lipinski definition) is 11. The van der Waals surface area contributed by atoms with Gasteiger partial charge in [-0.1, -0.05) is 38.6 Å². The molecular weight excluding hydrogens is 797 g/mol. The predicted molar refractivity (Wildman–Crippen MR) is 236 cm³/mol. The van der Waals surface area contributed by atoms with Crippen LogP contribution in [0.5, 0.6) is 0 Å². The molecular formula is C45H66N8O9. The van der Waals surface area contributed by atoms with Crippen LogP contribution in [-0.2, 0) is 43.7 Å². The molecule has 0 saturated carbocycles. The molecule has 0 unspecified atom stereocenters. The Balaban J connectivity index is 0.000000341. The minimum Gasteiger partial charge on any atom is -0.457 e. The molecule has 0 radical (unpaired) electrons. The second kappa shape index (κ2) is 21.6. The maximum absolute atomic E-state index is 13.8. The van der Waals surface area contributed by atoms with Crippen LogP contribution in [0.15, 0.2) is 45.6 Å². The van der Waals surface area contributed by atoms with Crippen molar-refractivity contribution in [1.29, 1.82) is 0 Å². The van der Waals surface area contributed by atoms with E-state index in [-0.39, 0.29) is 38.4 Å². The summed E-state index contributed by atoms with van der Waals surface area (Å²) in [5.74, 6) is -1.36. The highest BCUT2D eigenvalue weighted by atomic mass is 16.6. The number of oxazole rings is 1. The van der Waals surface area contributed by atoms with E-state index in [2.05, 4.69) is 17.1 Å². The number of carbonyl (C=O) groups excluding carboxylic acids is 5. The van der Waals surface area contributed by atoms with Gasteiger partial charge in [-0.2, -0.15) is 0 Å². The number of benzene rings is 2. The average Bonchev–Trinajstić information content (AvgIpc) is 3.42. The number of aryl methyl sites for hydroxylation is 2. The molecule has 4 aliphatic rings. The maximum atomic E-state index is 13.8. The highest BCUT2D eigenvalue weighted by molar-refractivity contribution is 6.32. The number of piperidine rings is 2. The molecule has 0 bridgehead atoms. The SMILES string of the molecule is C.CN(C)CCOC(=O)C(=O)N1CCN(C)CC1.Cc1cc(C[C@@H](OC(=O)N2CCC(N3CCc4ccccc4NC3=O)CC2)C(=O)N2CCC(C)CC2)cc2oc(=O)n(C)c12. The molecule has 4 aliphatic heterocycles. The van der Waals surface area contributed by atoms with Gasteiger partial charge >= 0.3 is 29.8 Å². The van der Waals surface area contributed by atoms with Gasteiger partial charge in [-0.15, -0.1) is 0 Å². The van der Waals surface area contributed by atoms with Crippen LogP contribution in [0.25, 0.3) is 11.1 Å². The molecule has 17 heteroatoms. The Labute approximate surface area is 364 Å². The molecule has 5 heterocycles.